The van der Waals surface area contributed by atoms with E-state index < -0.39 is 0 Å². The van der Waals surface area contributed by atoms with Crippen LogP contribution >= 0.6 is 0 Å². The molecule has 1 heterocycles. The first-order valence-corrected chi connectivity index (χ1v) is 5.41. The Hall–Kier alpha value is -1.55. The number of hydrogen-bond acceptors (Lipinski definition) is 3. The van der Waals surface area contributed by atoms with Crippen LogP contribution in [0.1, 0.15) is 24.0 Å². The van der Waals surface area contributed by atoms with Crippen molar-refractivity contribution in [3.8, 4) is 0 Å². The van der Waals surface area contributed by atoms with Crippen LogP contribution < -0.4 is 11.1 Å². The molecule has 0 atom stereocenters. The van der Waals surface area contributed by atoms with Crippen molar-refractivity contribution in [3.63, 3.8) is 0 Å². The Morgan fingerprint density at radius 2 is 2.25 bits per heavy atom. The quantitative estimate of drug-likeness (QED) is 0.745. The number of rotatable bonds is 2. The number of nitrogen functional groups attached to an aromatic ring is 1. The molecule has 0 unspecified atom stereocenters. The molecule has 0 radical (unpaired) electrons. The molecule has 86 valence electrons. The van der Waals surface area contributed by atoms with Crippen LogP contribution in [0, 0.1) is 0 Å². The summed E-state index contributed by atoms with van der Waals surface area (Å²) in [5, 5.41) is 2.87. The van der Waals surface area contributed by atoms with Gasteiger partial charge in [-0.2, -0.15) is 0 Å². The number of anilines is 2. The molecule has 1 amide bonds. The minimum atomic E-state index is 0.0417. The van der Waals surface area contributed by atoms with Gasteiger partial charge >= 0.3 is 0 Å². The zero-order valence-electron chi connectivity index (χ0n) is 9.38. The number of methoxy groups -OCH3 is 1. The SMILES string of the molecule is COCc1ccc(N)c2c1CCCC(=O)N2. The molecule has 0 spiro atoms. The van der Waals surface area contributed by atoms with Gasteiger partial charge in [-0.1, -0.05) is 6.07 Å². The Balaban J connectivity index is 2.46. The second kappa shape index (κ2) is 4.53. The van der Waals surface area contributed by atoms with E-state index in [1.807, 2.05) is 12.1 Å². The van der Waals surface area contributed by atoms with Crippen LogP contribution in [0.4, 0.5) is 11.4 Å². The summed E-state index contributed by atoms with van der Waals surface area (Å²) < 4.78 is 5.15. The van der Waals surface area contributed by atoms with Gasteiger partial charge in [0.05, 0.1) is 18.0 Å². The van der Waals surface area contributed by atoms with Gasteiger partial charge in [-0.05, 0) is 30.0 Å². The topological polar surface area (TPSA) is 64.3 Å². The molecule has 0 fully saturated rings. The molecule has 0 saturated carbocycles. The summed E-state index contributed by atoms with van der Waals surface area (Å²) in [6.45, 7) is 0.554. The van der Waals surface area contributed by atoms with Crippen molar-refractivity contribution < 1.29 is 9.53 Å². The molecular formula is C12H16N2O2. The maximum atomic E-state index is 11.5. The number of amides is 1. The molecule has 4 nitrogen and oxygen atoms in total. The van der Waals surface area contributed by atoms with Crippen LogP contribution in [-0.4, -0.2) is 13.0 Å². The Kier molecular flexibility index (Phi) is 3.10. The van der Waals surface area contributed by atoms with Crippen molar-refractivity contribution in [1.29, 1.82) is 0 Å². The predicted octanol–water partition coefficient (Wildman–Crippen LogP) is 1.69. The highest BCUT2D eigenvalue weighted by atomic mass is 16.5. The molecule has 16 heavy (non-hydrogen) atoms. The van der Waals surface area contributed by atoms with E-state index in [-0.39, 0.29) is 5.91 Å². The van der Waals surface area contributed by atoms with Gasteiger partial charge in [-0.3, -0.25) is 4.79 Å². The van der Waals surface area contributed by atoms with E-state index in [0.29, 0.717) is 18.7 Å². The molecule has 0 bridgehead atoms. The highest BCUT2D eigenvalue weighted by Gasteiger charge is 2.17. The molecule has 0 saturated heterocycles. The van der Waals surface area contributed by atoms with Crippen LogP contribution in [0.15, 0.2) is 12.1 Å². The van der Waals surface area contributed by atoms with Gasteiger partial charge in [0.25, 0.3) is 0 Å². The van der Waals surface area contributed by atoms with E-state index in [4.69, 9.17) is 10.5 Å². The Labute approximate surface area is 94.8 Å². The van der Waals surface area contributed by atoms with Crippen molar-refractivity contribution in [1.82, 2.24) is 0 Å². The van der Waals surface area contributed by atoms with E-state index in [1.165, 1.54) is 0 Å². The average Bonchev–Trinajstić information content (AvgIpc) is 2.45. The van der Waals surface area contributed by atoms with E-state index in [9.17, 15) is 4.79 Å². The first kappa shape index (κ1) is 11.0. The Morgan fingerprint density at radius 3 is 3.00 bits per heavy atom. The van der Waals surface area contributed by atoms with Crippen LogP contribution in [0.3, 0.4) is 0 Å². The molecule has 0 aromatic heterocycles. The van der Waals surface area contributed by atoms with Crippen LogP contribution in [-0.2, 0) is 22.6 Å². The molecule has 3 N–H and O–H groups in total. The van der Waals surface area contributed by atoms with Gasteiger partial charge in [0, 0.05) is 13.5 Å². The van der Waals surface area contributed by atoms with Crippen LogP contribution in [0.5, 0.6) is 0 Å². The standard InChI is InChI=1S/C12H16N2O2/c1-16-7-8-5-6-10(13)12-9(8)3-2-4-11(15)14-12/h5-6H,2-4,7,13H2,1H3,(H,14,15). The zero-order chi connectivity index (χ0) is 11.5. The first-order chi connectivity index (χ1) is 7.72. The smallest absolute Gasteiger partial charge is 0.224 e. The first-order valence-electron chi connectivity index (χ1n) is 5.41. The Bertz CT molecular complexity index is 416. The minimum Gasteiger partial charge on any atom is -0.397 e. The number of nitrogens with two attached hydrogens (primary N) is 1. The van der Waals surface area contributed by atoms with Gasteiger partial charge in [0.1, 0.15) is 0 Å². The van der Waals surface area contributed by atoms with Crippen molar-refractivity contribution >= 4 is 17.3 Å². The van der Waals surface area contributed by atoms with Gasteiger partial charge in [0.15, 0.2) is 0 Å². The average molecular weight is 220 g/mol. The van der Waals surface area contributed by atoms with Gasteiger partial charge in [0.2, 0.25) is 5.91 Å². The molecular weight excluding hydrogens is 204 g/mol. The predicted molar refractivity (Wildman–Crippen MR) is 63.1 cm³/mol. The normalized spacial score (nSPS) is 15.2. The van der Waals surface area contributed by atoms with E-state index in [0.717, 1.165) is 29.7 Å². The summed E-state index contributed by atoms with van der Waals surface area (Å²) in [7, 11) is 1.66. The third kappa shape index (κ3) is 2.02. The number of benzene rings is 1. The van der Waals surface area contributed by atoms with Gasteiger partial charge in [-0.25, -0.2) is 0 Å². The molecule has 1 aromatic rings. The summed E-state index contributed by atoms with van der Waals surface area (Å²) >= 11 is 0. The summed E-state index contributed by atoms with van der Waals surface area (Å²) in [5.41, 5.74) is 9.51. The number of ether oxygens (including phenoxy) is 1. The summed E-state index contributed by atoms with van der Waals surface area (Å²) in [6, 6.07) is 3.79. The lowest BCUT2D eigenvalue weighted by molar-refractivity contribution is -0.116. The fraction of sp³-hybridized carbons (Fsp3) is 0.417. The number of carbonyl (C=O) groups excluding carboxylic acids is 1. The lowest BCUT2D eigenvalue weighted by Crippen LogP contribution is -2.11. The zero-order valence-corrected chi connectivity index (χ0v) is 9.38. The van der Waals surface area contributed by atoms with Gasteiger partial charge < -0.3 is 15.8 Å². The molecule has 0 aliphatic carbocycles. The lowest BCUT2D eigenvalue weighted by Gasteiger charge is -2.14. The third-order valence-electron chi connectivity index (χ3n) is 2.84. The minimum absolute atomic E-state index is 0.0417. The monoisotopic (exact) mass is 220 g/mol. The largest absolute Gasteiger partial charge is 0.397 e. The number of hydrogen-bond donors (Lipinski definition) is 2. The molecule has 1 aliphatic heterocycles. The summed E-state index contributed by atoms with van der Waals surface area (Å²) in [5.74, 6) is 0.0417. The molecule has 1 aliphatic rings. The van der Waals surface area contributed by atoms with E-state index in [1.54, 1.807) is 7.11 Å². The fourth-order valence-electron chi connectivity index (χ4n) is 2.06. The lowest BCUT2D eigenvalue weighted by atomic mass is 10.0. The second-order valence-electron chi connectivity index (χ2n) is 4.00. The number of fused-ring (bicyclic) bond motifs is 1. The van der Waals surface area contributed by atoms with E-state index in [2.05, 4.69) is 5.32 Å². The van der Waals surface area contributed by atoms with Crippen molar-refractivity contribution in [2.45, 2.75) is 25.9 Å². The third-order valence-corrected chi connectivity index (χ3v) is 2.84. The van der Waals surface area contributed by atoms with Crippen molar-refractivity contribution in [3.05, 3.63) is 23.3 Å². The second-order valence-corrected chi connectivity index (χ2v) is 4.00. The molecule has 2 rings (SSSR count). The fourth-order valence-corrected chi connectivity index (χ4v) is 2.06. The maximum absolute atomic E-state index is 11.5. The van der Waals surface area contributed by atoms with Crippen molar-refractivity contribution in [2.24, 2.45) is 0 Å². The summed E-state index contributed by atoms with van der Waals surface area (Å²) in [6.07, 6.45) is 2.29. The Morgan fingerprint density at radius 1 is 1.44 bits per heavy atom. The molecule has 1 aromatic carbocycles. The van der Waals surface area contributed by atoms with Crippen molar-refractivity contribution in [2.75, 3.05) is 18.2 Å². The van der Waals surface area contributed by atoms with Crippen LogP contribution in [0.25, 0.3) is 0 Å². The van der Waals surface area contributed by atoms with Crippen LogP contribution in [0.2, 0.25) is 0 Å². The van der Waals surface area contributed by atoms with Gasteiger partial charge in [-0.15, -0.1) is 0 Å². The van der Waals surface area contributed by atoms with E-state index >= 15 is 0 Å². The number of carbonyl (C=O) groups is 1. The maximum Gasteiger partial charge on any atom is 0.224 e. The highest BCUT2D eigenvalue weighted by molar-refractivity contribution is 5.96. The highest BCUT2D eigenvalue weighted by Crippen LogP contribution is 2.31. The number of nitrogens with one attached hydrogen (secondary N) is 1. The summed E-state index contributed by atoms with van der Waals surface area (Å²) in [4.78, 5) is 11.5. The molecule has 4 heteroatoms.